The number of nitrogens with one attached hydrogen (secondary N) is 1. The molecule has 0 spiro atoms. The van der Waals surface area contributed by atoms with Crippen LogP contribution in [0.1, 0.15) is 12.8 Å². The molecule has 1 rings (SSSR count). The molecule has 1 heterocycles. The van der Waals surface area contributed by atoms with Gasteiger partial charge in [0.15, 0.2) is 0 Å². The topological polar surface area (TPSA) is 60.2 Å². The molecule has 3 N–H and O–H groups in total. The number of nitrogens with zero attached hydrogens (tertiary/aromatic N) is 1. The van der Waals surface area contributed by atoms with Gasteiger partial charge >= 0.3 is 0 Å². The summed E-state index contributed by atoms with van der Waals surface area (Å²) in [6, 6.07) is 1.69. The summed E-state index contributed by atoms with van der Waals surface area (Å²) in [7, 11) is 1.70. The van der Waals surface area contributed by atoms with Gasteiger partial charge in [0.25, 0.3) is 0 Å². The number of unbranched alkanes of at least 4 members (excludes halogenated alkanes) is 1. The first-order valence-electron chi connectivity index (χ1n) is 4.88. The Morgan fingerprint density at radius 2 is 2.33 bits per heavy atom. The SMILES string of the molecule is COCCCCNc1ncc(Cl)cc1N. The average Bonchev–Trinajstić information content (AvgIpc) is 2.20. The van der Waals surface area contributed by atoms with Crippen LogP contribution >= 0.6 is 11.6 Å². The summed E-state index contributed by atoms with van der Waals surface area (Å²) < 4.78 is 4.95. The molecule has 1 aromatic heterocycles. The highest BCUT2D eigenvalue weighted by atomic mass is 35.5. The van der Waals surface area contributed by atoms with Crippen LogP contribution in [0.25, 0.3) is 0 Å². The van der Waals surface area contributed by atoms with Crippen LogP contribution < -0.4 is 11.1 Å². The summed E-state index contributed by atoms with van der Waals surface area (Å²) in [6.45, 7) is 1.62. The lowest BCUT2D eigenvalue weighted by Crippen LogP contribution is -2.06. The third kappa shape index (κ3) is 4.36. The normalized spacial score (nSPS) is 10.3. The number of ether oxygens (including phenoxy) is 1. The number of aromatic nitrogens is 1. The summed E-state index contributed by atoms with van der Waals surface area (Å²) in [4.78, 5) is 4.10. The van der Waals surface area contributed by atoms with Crippen LogP contribution in [0.5, 0.6) is 0 Å². The van der Waals surface area contributed by atoms with E-state index in [1.165, 1.54) is 0 Å². The fourth-order valence-corrected chi connectivity index (χ4v) is 1.35. The number of hydrogen-bond donors (Lipinski definition) is 2. The molecule has 0 radical (unpaired) electrons. The Balaban J connectivity index is 2.31. The van der Waals surface area contributed by atoms with E-state index in [4.69, 9.17) is 22.1 Å². The zero-order chi connectivity index (χ0) is 11.1. The zero-order valence-corrected chi connectivity index (χ0v) is 9.55. The number of halogens is 1. The molecule has 0 aliphatic carbocycles. The number of rotatable bonds is 6. The summed E-state index contributed by atoms with van der Waals surface area (Å²) in [5.74, 6) is 0.691. The van der Waals surface area contributed by atoms with Gasteiger partial charge in [0.05, 0.1) is 10.7 Å². The molecule has 0 aromatic carbocycles. The number of nitrogen functional groups attached to an aromatic ring is 1. The lowest BCUT2D eigenvalue weighted by molar-refractivity contribution is 0.194. The Labute approximate surface area is 94.8 Å². The highest BCUT2D eigenvalue weighted by Crippen LogP contribution is 2.19. The molecule has 0 saturated heterocycles. The highest BCUT2D eigenvalue weighted by molar-refractivity contribution is 6.30. The van der Waals surface area contributed by atoms with E-state index in [0.717, 1.165) is 26.0 Å². The van der Waals surface area contributed by atoms with Gasteiger partial charge in [-0.2, -0.15) is 0 Å². The zero-order valence-electron chi connectivity index (χ0n) is 8.79. The van der Waals surface area contributed by atoms with Crippen LogP contribution in [0.3, 0.4) is 0 Å². The van der Waals surface area contributed by atoms with Crippen LogP contribution in [-0.2, 0) is 4.74 Å². The van der Waals surface area contributed by atoms with E-state index in [2.05, 4.69) is 10.3 Å². The minimum absolute atomic E-state index is 0.553. The number of anilines is 2. The molecule has 5 heteroatoms. The Morgan fingerprint density at radius 1 is 1.53 bits per heavy atom. The second-order valence-electron chi connectivity index (χ2n) is 3.22. The first-order valence-corrected chi connectivity index (χ1v) is 5.25. The Kier molecular flexibility index (Phi) is 5.21. The molecule has 0 bridgehead atoms. The molecule has 0 unspecified atom stereocenters. The summed E-state index contributed by atoms with van der Waals surface area (Å²) >= 11 is 5.73. The Morgan fingerprint density at radius 3 is 3.00 bits per heavy atom. The van der Waals surface area contributed by atoms with Crippen LogP contribution in [-0.4, -0.2) is 25.2 Å². The first-order chi connectivity index (χ1) is 7.24. The minimum atomic E-state index is 0.553. The van der Waals surface area contributed by atoms with Gasteiger partial charge in [-0.05, 0) is 18.9 Å². The van der Waals surface area contributed by atoms with Crippen LogP contribution in [0, 0.1) is 0 Å². The predicted molar refractivity (Wildman–Crippen MR) is 63.3 cm³/mol. The molecule has 1 aromatic rings. The van der Waals surface area contributed by atoms with Crippen molar-refractivity contribution in [1.29, 1.82) is 0 Å². The lowest BCUT2D eigenvalue weighted by Gasteiger charge is -2.07. The van der Waals surface area contributed by atoms with Crippen molar-refractivity contribution in [2.45, 2.75) is 12.8 Å². The van der Waals surface area contributed by atoms with Crippen molar-refractivity contribution in [3.8, 4) is 0 Å². The molecule has 4 nitrogen and oxygen atoms in total. The summed E-state index contributed by atoms with van der Waals surface area (Å²) in [6.07, 6.45) is 3.63. The number of hydrogen-bond acceptors (Lipinski definition) is 4. The molecular formula is C10H16ClN3O. The number of nitrogens with two attached hydrogens (primary N) is 1. The van der Waals surface area contributed by atoms with Gasteiger partial charge in [-0.25, -0.2) is 4.98 Å². The smallest absolute Gasteiger partial charge is 0.149 e. The molecule has 0 amide bonds. The van der Waals surface area contributed by atoms with Gasteiger partial charge < -0.3 is 15.8 Å². The molecule has 15 heavy (non-hydrogen) atoms. The maximum atomic E-state index is 5.73. The molecule has 0 aliphatic heterocycles. The van der Waals surface area contributed by atoms with Crippen LogP contribution in [0.2, 0.25) is 5.02 Å². The van der Waals surface area contributed by atoms with E-state index in [0.29, 0.717) is 16.5 Å². The second-order valence-corrected chi connectivity index (χ2v) is 3.65. The van der Waals surface area contributed by atoms with Crippen molar-refractivity contribution in [3.63, 3.8) is 0 Å². The van der Waals surface area contributed by atoms with Crippen molar-refractivity contribution >= 4 is 23.1 Å². The number of pyridine rings is 1. The monoisotopic (exact) mass is 229 g/mol. The molecule has 0 atom stereocenters. The number of methoxy groups -OCH3 is 1. The summed E-state index contributed by atoms with van der Waals surface area (Å²) in [5, 5.41) is 3.70. The fraction of sp³-hybridized carbons (Fsp3) is 0.500. The molecular weight excluding hydrogens is 214 g/mol. The second kappa shape index (κ2) is 6.48. The fourth-order valence-electron chi connectivity index (χ4n) is 1.18. The van der Waals surface area contributed by atoms with Crippen molar-refractivity contribution < 1.29 is 4.74 Å². The van der Waals surface area contributed by atoms with Crippen molar-refractivity contribution in [1.82, 2.24) is 4.98 Å². The van der Waals surface area contributed by atoms with E-state index in [1.807, 2.05) is 0 Å². The standard InChI is InChI=1S/C10H16ClN3O/c1-15-5-3-2-4-13-10-9(12)6-8(11)7-14-10/h6-7H,2-5,12H2,1H3,(H,13,14). The van der Waals surface area contributed by atoms with Crippen LogP contribution in [0.4, 0.5) is 11.5 Å². The summed E-state index contributed by atoms with van der Waals surface area (Å²) in [5.41, 5.74) is 6.31. The molecule has 84 valence electrons. The molecule has 0 saturated carbocycles. The predicted octanol–water partition coefficient (Wildman–Crippen LogP) is 2.16. The Hall–Kier alpha value is -1.00. The minimum Gasteiger partial charge on any atom is -0.396 e. The van der Waals surface area contributed by atoms with Crippen molar-refractivity contribution in [2.24, 2.45) is 0 Å². The third-order valence-electron chi connectivity index (χ3n) is 1.95. The Bertz CT molecular complexity index is 307. The van der Waals surface area contributed by atoms with Gasteiger partial charge in [-0.1, -0.05) is 11.6 Å². The van der Waals surface area contributed by atoms with E-state index in [1.54, 1.807) is 19.4 Å². The van der Waals surface area contributed by atoms with Gasteiger partial charge in [0.2, 0.25) is 0 Å². The van der Waals surface area contributed by atoms with Gasteiger partial charge in [0.1, 0.15) is 5.82 Å². The lowest BCUT2D eigenvalue weighted by atomic mass is 10.3. The maximum absolute atomic E-state index is 5.73. The van der Waals surface area contributed by atoms with E-state index >= 15 is 0 Å². The molecule has 0 aliphatic rings. The van der Waals surface area contributed by atoms with Gasteiger partial charge in [0, 0.05) is 26.5 Å². The van der Waals surface area contributed by atoms with E-state index < -0.39 is 0 Å². The average molecular weight is 230 g/mol. The van der Waals surface area contributed by atoms with Gasteiger partial charge in [-0.3, -0.25) is 0 Å². The molecule has 0 fully saturated rings. The quantitative estimate of drug-likeness (QED) is 0.734. The largest absolute Gasteiger partial charge is 0.396 e. The van der Waals surface area contributed by atoms with Crippen molar-refractivity contribution in [3.05, 3.63) is 17.3 Å². The van der Waals surface area contributed by atoms with Gasteiger partial charge in [-0.15, -0.1) is 0 Å². The third-order valence-corrected chi connectivity index (χ3v) is 2.16. The maximum Gasteiger partial charge on any atom is 0.149 e. The highest BCUT2D eigenvalue weighted by Gasteiger charge is 2.00. The first kappa shape index (κ1) is 12.1. The van der Waals surface area contributed by atoms with E-state index in [-0.39, 0.29) is 0 Å². The van der Waals surface area contributed by atoms with Crippen molar-refractivity contribution in [2.75, 3.05) is 31.3 Å². The van der Waals surface area contributed by atoms with Crippen LogP contribution in [0.15, 0.2) is 12.3 Å². The van der Waals surface area contributed by atoms with E-state index in [9.17, 15) is 0 Å².